The first-order valence-electron chi connectivity index (χ1n) is 5.18. The highest BCUT2D eigenvalue weighted by Gasteiger charge is 2.26. The SMILES string of the molecule is CCOP(=O)(CC(C)OCCO)OCC. The molecular formula is C9H21O5P. The minimum absolute atomic E-state index is 0.0437. The predicted octanol–water partition coefficient (Wildman–Crippen LogP) is 1.65. The molecule has 0 aromatic rings. The maximum atomic E-state index is 12.0. The van der Waals surface area contributed by atoms with Gasteiger partial charge in [-0.15, -0.1) is 0 Å². The van der Waals surface area contributed by atoms with Crippen LogP contribution in [0.25, 0.3) is 0 Å². The fourth-order valence-electron chi connectivity index (χ4n) is 1.16. The van der Waals surface area contributed by atoms with Gasteiger partial charge in [0, 0.05) is 0 Å². The van der Waals surface area contributed by atoms with Crippen molar-refractivity contribution >= 4 is 7.60 Å². The molecule has 0 rings (SSSR count). The molecule has 0 bridgehead atoms. The van der Waals surface area contributed by atoms with Crippen molar-refractivity contribution in [3.63, 3.8) is 0 Å². The standard InChI is InChI=1S/C9H21O5P/c1-4-13-15(11,14-5-2)8-9(3)12-7-6-10/h9-10H,4-8H2,1-3H3. The molecule has 92 valence electrons. The molecule has 0 aliphatic rings. The first-order chi connectivity index (χ1) is 7.08. The zero-order chi connectivity index (χ0) is 11.7. The van der Waals surface area contributed by atoms with Gasteiger partial charge in [0.15, 0.2) is 0 Å². The largest absolute Gasteiger partial charge is 0.394 e. The molecule has 1 unspecified atom stereocenters. The maximum absolute atomic E-state index is 12.0. The Bertz CT molecular complexity index is 187. The van der Waals surface area contributed by atoms with E-state index >= 15 is 0 Å². The van der Waals surface area contributed by atoms with Gasteiger partial charge in [-0.05, 0) is 20.8 Å². The van der Waals surface area contributed by atoms with Crippen LogP contribution in [-0.4, -0.2) is 43.8 Å². The Morgan fingerprint density at radius 3 is 2.20 bits per heavy atom. The lowest BCUT2D eigenvalue weighted by Crippen LogP contribution is -2.18. The van der Waals surface area contributed by atoms with Crippen molar-refractivity contribution in [3.8, 4) is 0 Å². The van der Waals surface area contributed by atoms with Gasteiger partial charge in [0.25, 0.3) is 0 Å². The second kappa shape index (κ2) is 8.25. The van der Waals surface area contributed by atoms with Gasteiger partial charge in [-0.25, -0.2) is 0 Å². The third-order valence-electron chi connectivity index (χ3n) is 1.63. The van der Waals surface area contributed by atoms with Crippen molar-refractivity contribution in [1.29, 1.82) is 0 Å². The molecule has 1 atom stereocenters. The fraction of sp³-hybridized carbons (Fsp3) is 1.00. The molecule has 6 heteroatoms. The van der Waals surface area contributed by atoms with Gasteiger partial charge < -0.3 is 18.9 Å². The molecule has 1 N–H and O–H groups in total. The van der Waals surface area contributed by atoms with Gasteiger partial charge in [-0.1, -0.05) is 0 Å². The van der Waals surface area contributed by atoms with Crippen LogP contribution in [-0.2, 0) is 18.3 Å². The van der Waals surface area contributed by atoms with Crippen molar-refractivity contribution in [2.75, 3.05) is 32.6 Å². The van der Waals surface area contributed by atoms with Gasteiger partial charge in [-0.2, -0.15) is 0 Å². The zero-order valence-corrected chi connectivity index (χ0v) is 10.5. The Kier molecular flexibility index (Phi) is 8.29. The molecule has 0 spiro atoms. The van der Waals surface area contributed by atoms with E-state index < -0.39 is 7.60 Å². The predicted molar refractivity (Wildman–Crippen MR) is 58.2 cm³/mol. The minimum atomic E-state index is -3.02. The van der Waals surface area contributed by atoms with Crippen LogP contribution in [0.5, 0.6) is 0 Å². The first kappa shape index (κ1) is 15.1. The van der Waals surface area contributed by atoms with E-state index in [-0.39, 0.29) is 25.5 Å². The Labute approximate surface area is 91.3 Å². The van der Waals surface area contributed by atoms with Crippen molar-refractivity contribution in [3.05, 3.63) is 0 Å². The maximum Gasteiger partial charge on any atom is 0.333 e. The summed E-state index contributed by atoms with van der Waals surface area (Å²) in [6, 6.07) is 0. The Morgan fingerprint density at radius 1 is 1.27 bits per heavy atom. The van der Waals surface area contributed by atoms with Crippen LogP contribution < -0.4 is 0 Å². The Hall–Kier alpha value is 0.0700. The Balaban J connectivity index is 4.08. The first-order valence-corrected chi connectivity index (χ1v) is 6.91. The zero-order valence-electron chi connectivity index (χ0n) is 9.64. The van der Waals surface area contributed by atoms with Gasteiger partial charge in [-0.3, -0.25) is 4.57 Å². The third-order valence-corrected chi connectivity index (χ3v) is 3.89. The normalized spacial score (nSPS) is 14.1. The van der Waals surface area contributed by atoms with Gasteiger partial charge in [0.05, 0.1) is 38.7 Å². The van der Waals surface area contributed by atoms with Crippen LogP contribution >= 0.6 is 7.60 Å². The fourth-order valence-corrected chi connectivity index (χ4v) is 2.96. The summed E-state index contributed by atoms with van der Waals surface area (Å²) in [6.45, 7) is 6.21. The summed E-state index contributed by atoms with van der Waals surface area (Å²) in [5.41, 5.74) is 0. The Morgan fingerprint density at radius 2 is 1.80 bits per heavy atom. The van der Waals surface area contributed by atoms with Crippen molar-refractivity contribution < 1.29 is 23.5 Å². The van der Waals surface area contributed by atoms with E-state index in [0.29, 0.717) is 13.2 Å². The van der Waals surface area contributed by atoms with Crippen molar-refractivity contribution in [2.24, 2.45) is 0 Å². The van der Waals surface area contributed by atoms with Crippen LogP contribution in [0.3, 0.4) is 0 Å². The molecule has 0 aromatic heterocycles. The molecule has 0 amide bonds. The monoisotopic (exact) mass is 240 g/mol. The average Bonchev–Trinajstić information content (AvgIpc) is 2.15. The number of hydrogen-bond donors (Lipinski definition) is 1. The smallest absolute Gasteiger partial charge is 0.333 e. The molecule has 15 heavy (non-hydrogen) atoms. The summed E-state index contributed by atoms with van der Waals surface area (Å²) in [4.78, 5) is 0. The van der Waals surface area contributed by atoms with Gasteiger partial charge in [0.2, 0.25) is 0 Å². The molecule has 0 aliphatic carbocycles. The van der Waals surface area contributed by atoms with Crippen LogP contribution in [0.1, 0.15) is 20.8 Å². The van der Waals surface area contributed by atoms with Crippen LogP contribution in [0.4, 0.5) is 0 Å². The summed E-state index contributed by atoms with van der Waals surface area (Å²) in [6.07, 6.45) is -0.0321. The van der Waals surface area contributed by atoms with Gasteiger partial charge >= 0.3 is 7.60 Å². The van der Waals surface area contributed by atoms with E-state index in [1.807, 2.05) is 0 Å². The van der Waals surface area contributed by atoms with E-state index in [0.717, 1.165) is 0 Å². The number of ether oxygens (including phenoxy) is 1. The molecule has 0 fully saturated rings. The second-order valence-electron chi connectivity index (χ2n) is 3.03. The number of aliphatic hydroxyl groups is 1. The highest BCUT2D eigenvalue weighted by atomic mass is 31.2. The number of hydrogen-bond acceptors (Lipinski definition) is 5. The average molecular weight is 240 g/mol. The van der Waals surface area contributed by atoms with Crippen LogP contribution in [0.15, 0.2) is 0 Å². The molecule has 0 heterocycles. The molecule has 0 aromatic carbocycles. The summed E-state index contributed by atoms with van der Waals surface area (Å²) < 4.78 is 27.4. The number of rotatable bonds is 9. The second-order valence-corrected chi connectivity index (χ2v) is 5.14. The van der Waals surface area contributed by atoms with Gasteiger partial charge in [0.1, 0.15) is 0 Å². The third kappa shape index (κ3) is 7.03. The molecule has 0 aliphatic heterocycles. The van der Waals surface area contributed by atoms with E-state index in [2.05, 4.69) is 0 Å². The van der Waals surface area contributed by atoms with E-state index in [9.17, 15) is 4.57 Å². The van der Waals surface area contributed by atoms with E-state index in [1.54, 1.807) is 20.8 Å². The van der Waals surface area contributed by atoms with E-state index in [4.69, 9.17) is 18.9 Å². The lowest BCUT2D eigenvalue weighted by molar-refractivity contribution is 0.0467. The molecule has 5 nitrogen and oxygen atoms in total. The quantitative estimate of drug-likeness (QED) is 0.621. The molecule has 0 saturated carbocycles. The topological polar surface area (TPSA) is 65.0 Å². The highest BCUT2D eigenvalue weighted by Crippen LogP contribution is 2.48. The molecular weight excluding hydrogens is 219 g/mol. The lowest BCUT2D eigenvalue weighted by Gasteiger charge is -2.20. The summed E-state index contributed by atoms with van der Waals surface area (Å²) in [5.74, 6) is 0. The molecule has 0 saturated heterocycles. The molecule has 0 radical (unpaired) electrons. The van der Waals surface area contributed by atoms with Crippen LogP contribution in [0.2, 0.25) is 0 Å². The lowest BCUT2D eigenvalue weighted by atomic mass is 10.5. The summed E-state index contributed by atoms with van der Waals surface area (Å²) in [7, 11) is -3.02. The van der Waals surface area contributed by atoms with E-state index in [1.165, 1.54) is 0 Å². The number of aliphatic hydroxyl groups excluding tert-OH is 1. The highest BCUT2D eigenvalue weighted by molar-refractivity contribution is 7.53. The van der Waals surface area contributed by atoms with Crippen LogP contribution in [0, 0.1) is 0 Å². The minimum Gasteiger partial charge on any atom is -0.394 e. The summed E-state index contributed by atoms with van der Waals surface area (Å²) in [5, 5.41) is 8.56. The summed E-state index contributed by atoms with van der Waals surface area (Å²) >= 11 is 0. The van der Waals surface area contributed by atoms with Crippen molar-refractivity contribution in [1.82, 2.24) is 0 Å². The van der Waals surface area contributed by atoms with Crippen molar-refractivity contribution in [2.45, 2.75) is 26.9 Å².